The number of pyridine rings is 1. The third kappa shape index (κ3) is 3.36. The minimum atomic E-state index is -0.101. The van der Waals surface area contributed by atoms with Crippen LogP contribution >= 0.6 is 0 Å². The van der Waals surface area contributed by atoms with Crippen LogP contribution in [0.25, 0.3) is 0 Å². The Morgan fingerprint density at radius 3 is 2.95 bits per heavy atom. The van der Waals surface area contributed by atoms with E-state index in [0.717, 1.165) is 23.5 Å². The van der Waals surface area contributed by atoms with E-state index in [4.69, 9.17) is 0 Å². The zero-order chi connectivity index (χ0) is 14.8. The summed E-state index contributed by atoms with van der Waals surface area (Å²) in [5.41, 5.74) is 4.88. The predicted molar refractivity (Wildman–Crippen MR) is 80.9 cm³/mol. The maximum absolute atomic E-state index is 11.2. The number of hydrogen-bond donors (Lipinski definition) is 3. The minimum absolute atomic E-state index is 0. The predicted octanol–water partition coefficient (Wildman–Crippen LogP) is -2.60. The van der Waals surface area contributed by atoms with Crippen LogP contribution in [0.15, 0.2) is 44.6 Å². The molecule has 3 rings (SSSR count). The quantitative estimate of drug-likeness (QED) is 0.419. The summed E-state index contributed by atoms with van der Waals surface area (Å²) in [6.45, 7) is 4.93. The molecule has 2 unspecified atom stereocenters. The molecule has 1 aromatic rings. The number of aromatic nitrogens is 1. The molecular weight excluding hydrogens is 307 g/mol. The molecule has 0 aromatic carbocycles. The minimum Gasteiger partial charge on any atom is -0.437 e. The fourth-order valence-corrected chi connectivity index (χ4v) is 2.54. The third-order valence-corrected chi connectivity index (χ3v) is 3.72. The van der Waals surface area contributed by atoms with Crippen molar-refractivity contribution in [3.63, 3.8) is 0 Å². The number of nitrogens with zero attached hydrogens (tertiary/aromatic N) is 3. The van der Waals surface area contributed by atoms with Crippen molar-refractivity contribution in [2.75, 3.05) is 6.54 Å². The zero-order valence-electron chi connectivity index (χ0n) is 12.9. The van der Waals surface area contributed by atoms with E-state index in [1.807, 2.05) is 6.07 Å². The fourth-order valence-electron chi connectivity index (χ4n) is 2.54. The first-order valence-electron chi connectivity index (χ1n) is 6.90. The monoisotopic (exact) mass is 324 g/mol. The van der Waals surface area contributed by atoms with Crippen LogP contribution < -0.4 is 67.7 Å². The van der Waals surface area contributed by atoms with Crippen LogP contribution in [0.5, 0.6) is 0 Å². The van der Waals surface area contributed by atoms with Gasteiger partial charge < -0.3 is 20.2 Å². The molecule has 2 aliphatic heterocycles. The summed E-state index contributed by atoms with van der Waals surface area (Å²) in [4.78, 5) is 20.4. The van der Waals surface area contributed by atoms with E-state index >= 15 is 0 Å². The van der Waals surface area contributed by atoms with Gasteiger partial charge in [0.05, 0.1) is 0 Å². The standard InChI is InChI=1S/C14H17N6O.K/c1-3-20(9(2)10-4-5-12(21)15-6-10)14-11-7-18-19-13(11)16-8-17-14;/h4-7,9,13,19H,3H2,1-2H3,(H,15,21)(H,16,17);/q-1;+1. The average molecular weight is 324 g/mol. The van der Waals surface area contributed by atoms with Crippen molar-refractivity contribution in [1.29, 1.82) is 0 Å². The number of fused-ring (bicyclic) bond motifs is 1. The molecule has 2 atom stereocenters. The molecular formula is C14H17KN6O. The van der Waals surface area contributed by atoms with Gasteiger partial charge in [0, 0.05) is 24.5 Å². The molecule has 0 saturated carbocycles. The number of aliphatic imine (C=N–C) groups is 1. The maximum Gasteiger partial charge on any atom is 1.00 e. The molecule has 1 aromatic heterocycles. The molecule has 0 bridgehead atoms. The molecule has 0 spiro atoms. The van der Waals surface area contributed by atoms with Crippen LogP contribution in [0.3, 0.4) is 0 Å². The first-order valence-corrected chi connectivity index (χ1v) is 6.90. The van der Waals surface area contributed by atoms with Crippen molar-refractivity contribution in [2.24, 2.45) is 10.1 Å². The van der Waals surface area contributed by atoms with Gasteiger partial charge in [-0.2, -0.15) is 5.10 Å². The Bertz CT molecular complexity index is 660. The topological polar surface area (TPSA) is 84.9 Å². The van der Waals surface area contributed by atoms with Crippen molar-refractivity contribution in [3.8, 4) is 0 Å². The number of nitrogens with one attached hydrogen (secondary N) is 3. The molecule has 8 heteroatoms. The van der Waals surface area contributed by atoms with E-state index < -0.39 is 0 Å². The number of hydrogen-bond acceptors (Lipinski definition) is 6. The Morgan fingerprint density at radius 1 is 1.45 bits per heavy atom. The molecule has 0 aliphatic carbocycles. The van der Waals surface area contributed by atoms with Crippen LogP contribution in [0.1, 0.15) is 25.5 Å². The molecule has 2 aliphatic rings. The van der Waals surface area contributed by atoms with Gasteiger partial charge in [-0.3, -0.25) is 10.2 Å². The smallest absolute Gasteiger partial charge is 0.437 e. The zero-order valence-corrected chi connectivity index (χ0v) is 16.0. The first kappa shape index (κ1) is 17.4. The second kappa shape index (κ2) is 7.56. The van der Waals surface area contributed by atoms with Crippen molar-refractivity contribution >= 4 is 12.6 Å². The molecule has 110 valence electrons. The molecule has 7 nitrogen and oxygen atoms in total. The number of rotatable bonds is 4. The Labute approximate surface area is 171 Å². The summed E-state index contributed by atoms with van der Waals surface area (Å²) >= 11 is 0. The normalized spacial score (nSPS) is 19.8. The van der Waals surface area contributed by atoms with E-state index in [1.165, 1.54) is 6.07 Å². The van der Waals surface area contributed by atoms with Crippen LogP contribution in [0.2, 0.25) is 0 Å². The summed E-state index contributed by atoms with van der Waals surface area (Å²) in [5.74, 6) is 0.841. The van der Waals surface area contributed by atoms with E-state index in [2.05, 4.69) is 50.9 Å². The molecule has 0 amide bonds. The van der Waals surface area contributed by atoms with Gasteiger partial charge >= 0.3 is 51.4 Å². The Morgan fingerprint density at radius 2 is 2.27 bits per heavy atom. The summed E-state index contributed by atoms with van der Waals surface area (Å²) < 4.78 is 0. The average Bonchev–Trinajstić information content (AvgIpc) is 2.98. The van der Waals surface area contributed by atoms with E-state index in [0.29, 0.717) is 0 Å². The van der Waals surface area contributed by atoms with Gasteiger partial charge in [-0.1, -0.05) is 12.4 Å². The molecule has 0 radical (unpaired) electrons. The largest absolute Gasteiger partial charge is 1.00 e. The number of hydrazone groups is 1. The Kier molecular flexibility index (Phi) is 5.99. The SMILES string of the molecule is CCN(C1=C2C=NNC2N[C-]=N1)C(C)c1ccc(=O)[nH]c1.[K+]. The molecule has 0 fully saturated rings. The van der Waals surface area contributed by atoms with Gasteiger partial charge in [-0.15, -0.1) is 0 Å². The van der Waals surface area contributed by atoms with Gasteiger partial charge in [0.1, 0.15) is 6.17 Å². The van der Waals surface area contributed by atoms with Crippen molar-refractivity contribution in [1.82, 2.24) is 20.6 Å². The third-order valence-electron chi connectivity index (χ3n) is 3.72. The number of aromatic amines is 1. The number of H-pyrrole nitrogens is 1. The summed E-state index contributed by atoms with van der Waals surface area (Å²) in [7, 11) is 0. The van der Waals surface area contributed by atoms with E-state index in [1.54, 1.807) is 12.4 Å². The first-order chi connectivity index (χ1) is 10.2. The van der Waals surface area contributed by atoms with E-state index in [-0.39, 0.29) is 69.2 Å². The summed E-state index contributed by atoms with van der Waals surface area (Å²) in [5, 5.41) is 7.06. The van der Waals surface area contributed by atoms with Gasteiger partial charge in [-0.05, 0) is 37.3 Å². The van der Waals surface area contributed by atoms with Crippen LogP contribution in [-0.4, -0.2) is 35.1 Å². The Balaban J connectivity index is 0.00000176. The van der Waals surface area contributed by atoms with Crippen molar-refractivity contribution in [3.05, 3.63) is 45.6 Å². The molecule has 3 heterocycles. The fraction of sp³-hybridized carbons (Fsp3) is 0.357. The van der Waals surface area contributed by atoms with Crippen LogP contribution in [0.4, 0.5) is 0 Å². The second-order valence-electron chi connectivity index (χ2n) is 4.92. The molecule has 3 N–H and O–H groups in total. The van der Waals surface area contributed by atoms with E-state index in [9.17, 15) is 4.79 Å². The molecule has 22 heavy (non-hydrogen) atoms. The van der Waals surface area contributed by atoms with Crippen LogP contribution in [0, 0.1) is 0 Å². The maximum atomic E-state index is 11.2. The van der Waals surface area contributed by atoms with Crippen molar-refractivity contribution < 1.29 is 51.4 Å². The summed E-state index contributed by atoms with van der Waals surface area (Å²) in [6.07, 6.45) is 6.26. The van der Waals surface area contributed by atoms with Gasteiger partial charge in [0.2, 0.25) is 5.56 Å². The summed E-state index contributed by atoms with van der Waals surface area (Å²) in [6, 6.07) is 3.45. The molecule has 0 saturated heterocycles. The van der Waals surface area contributed by atoms with Crippen molar-refractivity contribution in [2.45, 2.75) is 26.1 Å². The second-order valence-corrected chi connectivity index (χ2v) is 4.92. The Hall–Kier alpha value is -0.934. The van der Waals surface area contributed by atoms with Gasteiger partial charge in [0.15, 0.2) is 0 Å². The van der Waals surface area contributed by atoms with Gasteiger partial charge in [0.25, 0.3) is 0 Å². The van der Waals surface area contributed by atoms with Gasteiger partial charge in [-0.25, -0.2) is 0 Å². The van der Waals surface area contributed by atoms with Crippen LogP contribution in [-0.2, 0) is 0 Å².